The third-order valence-electron chi connectivity index (χ3n) is 4.63. The topological polar surface area (TPSA) is 100 Å². The second-order valence-electron chi connectivity index (χ2n) is 6.27. The number of rotatable bonds is 5. The zero-order valence-corrected chi connectivity index (χ0v) is 13.9. The fourth-order valence-corrected chi connectivity index (χ4v) is 3.25. The molecule has 0 atom stereocenters. The summed E-state index contributed by atoms with van der Waals surface area (Å²) in [6.45, 7) is 5.46. The van der Waals surface area contributed by atoms with E-state index < -0.39 is 0 Å². The second-order valence-corrected chi connectivity index (χ2v) is 6.27. The molecular formula is C16H21N5O4. The Bertz CT molecular complexity index is 779. The van der Waals surface area contributed by atoms with Gasteiger partial charge in [0.2, 0.25) is 5.10 Å². The van der Waals surface area contributed by atoms with Gasteiger partial charge in [0, 0.05) is 48.6 Å². The first-order valence-corrected chi connectivity index (χ1v) is 8.59. The Morgan fingerprint density at radius 2 is 2.00 bits per heavy atom. The molecule has 0 spiro atoms. The number of hydrogen-bond acceptors (Lipinski definition) is 7. The van der Waals surface area contributed by atoms with Crippen LogP contribution in [-0.2, 0) is 11.2 Å². The fraction of sp³-hybridized carbons (Fsp3) is 0.562. The van der Waals surface area contributed by atoms with E-state index in [0.29, 0.717) is 28.5 Å². The molecule has 1 fully saturated rings. The van der Waals surface area contributed by atoms with Crippen LogP contribution < -0.4 is 19.6 Å². The summed E-state index contributed by atoms with van der Waals surface area (Å²) in [6.07, 6.45) is 1.59. The molecule has 1 aromatic carbocycles. The van der Waals surface area contributed by atoms with Gasteiger partial charge in [-0.1, -0.05) is 0 Å². The molecule has 0 amide bonds. The van der Waals surface area contributed by atoms with Gasteiger partial charge in [0.1, 0.15) is 5.75 Å². The first-order valence-electron chi connectivity index (χ1n) is 8.59. The summed E-state index contributed by atoms with van der Waals surface area (Å²) in [5.74, 6) is 0.684. The van der Waals surface area contributed by atoms with Gasteiger partial charge in [-0.25, -0.2) is 4.73 Å². The number of nitrogens with zero attached hydrogens (tertiary/aromatic N) is 4. The van der Waals surface area contributed by atoms with Crippen molar-refractivity contribution >= 4 is 17.0 Å². The van der Waals surface area contributed by atoms with Gasteiger partial charge in [0.05, 0.1) is 26.4 Å². The van der Waals surface area contributed by atoms with E-state index in [4.69, 9.17) is 9.47 Å². The van der Waals surface area contributed by atoms with Crippen molar-refractivity contribution in [2.75, 3.05) is 51.3 Å². The molecule has 2 aliphatic rings. The maximum absolute atomic E-state index is 12.5. The molecule has 3 heterocycles. The molecule has 2 aromatic rings. The van der Waals surface area contributed by atoms with Crippen LogP contribution in [0.4, 0.5) is 5.95 Å². The van der Waals surface area contributed by atoms with E-state index in [1.807, 2.05) is 0 Å². The Morgan fingerprint density at radius 3 is 2.84 bits per heavy atom. The molecular weight excluding hydrogens is 326 g/mol. The first-order chi connectivity index (χ1) is 12.2. The quantitative estimate of drug-likeness (QED) is 0.445. The lowest BCUT2D eigenvalue weighted by molar-refractivity contribution is -0.672. The van der Waals surface area contributed by atoms with Crippen molar-refractivity contribution in [3.8, 4) is 5.75 Å². The Balaban J connectivity index is 1.46. The van der Waals surface area contributed by atoms with Crippen LogP contribution in [0.2, 0.25) is 0 Å². The number of benzene rings is 1. The minimum absolute atomic E-state index is 0.0161. The van der Waals surface area contributed by atoms with Crippen molar-refractivity contribution in [2.45, 2.75) is 12.8 Å². The van der Waals surface area contributed by atoms with Crippen LogP contribution in [0.1, 0.15) is 12.0 Å². The highest BCUT2D eigenvalue weighted by Crippen LogP contribution is 2.27. The highest BCUT2D eigenvalue weighted by molar-refractivity contribution is 5.72. The number of morpholine rings is 1. The van der Waals surface area contributed by atoms with Crippen LogP contribution in [0.25, 0.3) is 11.0 Å². The number of hydrogen-bond donors (Lipinski definition) is 1. The molecule has 25 heavy (non-hydrogen) atoms. The van der Waals surface area contributed by atoms with Gasteiger partial charge in [-0.15, -0.1) is 0 Å². The van der Waals surface area contributed by atoms with Crippen LogP contribution in [0, 0.1) is 10.4 Å². The van der Waals surface area contributed by atoms with Crippen LogP contribution in [0.3, 0.4) is 0 Å². The number of ether oxygens (including phenoxy) is 2. The predicted molar refractivity (Wildman–Crippen MR) is 89.2 cm³/mol. The van der Waals surface area contributed by atoms with Crippen LogP contribution in [0.15, 0.2) is 12.1 Å². The zero-order valence-electron chi connectivity index (χ0n) is 13.9. The van der Waals surface area contributed by atoms with Crippen molar-refractivity contribution in [3.05, 3.63) is 28.1 Å². The fourth-order valence-electron chi connectivity index (χ4n) is 3.25. The van der Waals surface area contributed by atoms with E-state index in [1.165, 1.54) is 0 Å². The Labute approximate surface area is 144 Å². The lowest BCUT2D eigenvalue weighted by Gasteiger charge is -2.26. The van der Waals surface area contributed by atoms with Crippen LogP contribution in [0.5, 0.6) is 5.75 Å². The molecule has 0 saturated carbocycles. The summed E-state index contributed by atoms with van der Waals surface area (Å²) in [4.78, 5) is 2.82. The van der Waals surface area contributed by atoms with E-state index in [-0.39, 0.29) is 17.0 Å². The number of aromatic nitrogens is 3. The Kier molecular flexibility index (Phi) is 4.41. The van der Waals surface area contributed by atoms with E-state index in [2.05, 4.69) is 15.3 Å². The molecule has 134 valence electrons. The van der Waals surface area contributed by atoms with Crippen LogP contribution >= 0.6 is 0 Å². The van der Waals surface area contributed by atoms with E-state index >= 15 is 0 Å². The van der Waals surface area contributed by atoms with E-state index in [9.17, 15) is 10.4 Å². The third kappa shape index (κ3) is 3.24. The highest BCUT2D eigenvalue weighted by atomic mass is 16.5. The van der Waals surface area contributed by atoms with Crippen LogP contribution in [-0.4, -0.2) is 56.0 Å². The molecule has 2 aliphatic heterocycles. The van der Waals surface area contributed by atoms with Gasteiger partial charge in [0.25, 0.3) is 5.52 Å². The molecule has 0 unspecified atom stereocenters. The molecule has 0 radical (unpaired) electrons. The summed E-state index contributed by atoms with van der Waals surface area (Å²) in [7, 11) is 0. The highest BCUT2D eigenvalue weighted by Gasteiger charge is 2.24. The van der Waals surface area contributed by atoms with Crippen molar-refractivity contribution < 1.29 is 19.0 Å². The Hall–Kier alpha value is -2.39. The normalized spacial score (nSPS) is 17.4. The number of nitrogens with one attached hydrogen (secondary N) is 1. The van der Waals surface area contributed by atoms with Crippen molar-refractivity contribution in [1.82, 2.24) is 10.00 Å². The molecule has 1 saturated heterocycles. The van der Waals surface area contributed by atoms with Crippen molar-refractivity contribution in [1.29, 1.82) is 0 Å². The summed E-state index contributed by atoms with van der Waals surface area (Å²) in [5, 5.41) is 31.5. The zero-order chi connectivity index (χ0) is 17.2. The number of anilines is 1. The predicted octanol–water partition coefficient (Wildman–Crippen LogP) is -0.429. The molecule has 0 bridgehead atoms. The maximum atomic E-state index is 12.5. The monoisotopic (exact) mass is 347 g/mol. The summed E-state index contributed by atoms with van der Waals surface area (Å²) >= 11 is 0. The summed E-state index contributed by atoms with van der Waals surface area (Å²) < 4.78 is 11.5. The second kappa shape index (κ2) is 6.85. The average Bonchev–Trinajstić information content (AvgIpc) is 3.10. The van der Waals surface area contributed by atoms with Gasteiger partial charge in [-0.05, 0) is 6.42 Å². The molecule has 9 nitrogen and oxygen atoms in total. The Morgan fingerprint density at radius 1 is 1.16 bits per heavy atom. The van der Waals surface area contributed by atoms with Gasteiger partial charge in [-0.3, -0.25) is 10.2 Å². The van der Waals surface area contributed by atoms with Gasteiger partial charge in [-0.2, -0.15) is 0 Å². The molecule has 1 N–H and O–H groups in total. The van der Waals surface area contributed by atoms with Crippen molar-refractivity contribution in [3.63, 3.8) is 0 Å². The standard InChI is InChI=1S/C16H21N5O4/c22-20-13-11-15-12(2-7-25-15)10-14(13)21(23)18-16(20)17-3-1-4-19-5-8-24-9-6-19/h10-11H,1-9H2,(H,17,18). The number of fused-ring (bicyclic) bond motifs is 2. The first kappa shape index (κ1) is 16.1. The lowest BCUT2D eigenvalue weighted by Crippen LogP contribution is -2.44. The summed E-state index contributed by atoms with van der Waals surface area (Å²) in [6, 6.07) is 3.31. The summed E-state index contributed by atoms with van der Waals surface area (Å²) in [5.41, 5.74) is 1.46. The largest absolute Gasteiger partial charge is 0.739 e. The average molecular weight is 347 g/mol. The molecule has 1 aromatic heterocycles. The van der Waals surface area contributed by atoms with Gasteiger partial charge >= 0.3 is 5.95 Å². The molecule has 0 aliphatic carbocycles. The van der Waals surface area contributed by atoms with E-state index in [1.54, 1.807) is 12.1 Å². The minimum atomic E-state index is 0.0161. The third-order valence-corrected chi connectivity index (χ3v) is 4.63. The molecule has 4 rings (SSSR count). The lowest BCUT2D eigenvalue weighted by atomic mass is 10.1. The van der Waals surface area contributed by atoms with Gasteiger partial charge in [0.15, 0.2) is 5.52 Å². The van der Waals surface area contributed by atoms with E-state index in [0.717, 1.165) is 51.3 Å². The minimum Gasteiger partial charge on any atom is -0.739 e. The van der Waals surface area contributed by atoms with Crippen molar-refractivity contribution in [2.24, 2.45) is 0 Å². The smallest absolute Gasteiger partial charge is 0.460 e. The maximum Gasteiger partial charge on any atom is 0.460 e. The van der Waals surface area contributed by atoms with Gasteiger partial charge < -0.3 is 19.9 Å². The SMILES string of the molecule is [O-][n+]1nc(NCCCN2CCOCC2)[n+]([O-])c2cc3c(cc21)CCO3. The molecule has 9 heteroatoms.